The van der Waals surface area contributed by atoms with Crippen molar-refractivity contribution in [1.82, 2.24) is 4.31 Å². The minimum absolute atomic E-state index is 0.222. The Hall–Kier alpha value is -2.01. The fraction of sp³-hybridized carbons (Fsp3) is 0.0769. The molecule has 0 unspecified atom stereocenters. The normalized spacial score (nSPS) is 14.6. The topological polar surface area (TPSA) is 46.6 Å². The minimum atomic E-state index is -3.55. The molecule has 0 aromatic heterocycles. The number of nitrogens with zero attached hydrogens (tertiary/aromatic N) is 1. The summed E-state index contributed by atoms with van der Waals surface area (Å²) in [6, 6.07) is 6.29. The first-order valence-corrected chi connectivity index (χ1v) is 6.78. The number of hydrogen-bond acceptors (Lipinski definition) is 3. The van der Waals surface area contributed by atoms with E-state index in [1.54, 1.807) is 36.4 Å². The Balaban J connectivity index is 2.35. The van der Waals surface area contributed by atoms with Crippen molar-refractivity contribution in [2.45, 2.75) is 4.90 Å². The molecule has 4 nitrogen and oxygen atoms in total. The third kappa shape index (κ3) is 2.46. The molecule has 2 rings (SSSR count). The second-order valence-electron chi connectivity index (χ2n) is 3.58. The molecule has 1 aromatic carbocycles. The lowest BCUT2D eigenvalue weighted by atomic mass is 10.3. The lowest BCUT2D eigenvalue weighted by Crippen LogP contribution is -2.20. The predicted molar refractivity (Wildman–Crippen MR) is 69.4 cm³/mol. The van der Waals surface area contributed by atoms with Gasteiger partial charge in [0.05, 0.1) is 12.0 Å². The standard InChI is InChI=1S/C13H13NO3S/c1-17-12-6-8-13(9-7-12)18(15,16)14-10-4-2-3-5-11-14/h2-11H,1H3. The number of rotatable bonds is 3. The number of allylic oxidation sites excluding steroid dienone is 4. The van der Waals surface area contributed by atoms with Crippen LogP contribution in [0.4, 0.5) is 0 Å². The van der Waals surface area contributed by atoms with Gasteiger partial charge in [-0.2, -0.15) is 0 Å². The van der Waals surface area contributed by atoms with Crippen molar-refractivity contribution in [1.29, 1.82) is 0 Å². The van der Waals surface area contributed by atoms with Gasteiger partial charge in [-0.1, -0.05) is 12.2 Å². The molecule has 0 spiro atoms. The Morgan fingerprint density at radius 2 is 1.50 bits per heavy atom. The van der Waals surface area contributed by atoms with Gasteiger partial charge in [-0.3, -0.25) is 0 Å². The van der Waals surface area contributed by atoms with E-state index in [4.69, 9.17) is 4.74 Å². The maximum Gasteiger partial charge on any atom is 0.267 e. The number of hydrogen-bond donors (Lipinski definition) is 0. The number of benzene rings is 1. The van der Waals surface area contributed by atoms with Gasteiger partial charge in [0.25, 0.3) is 10.0 Å². The van der Waals surface area contributed by atoms with Gasteiger partial charge in [0.15, 0.2) is 0 Å². The summed E-state index contributed by atoms with van der Waals surface area (Å²) >= 11 is 0. The van der Waals surface area contributed by atoms with Crippen LogP contribution in [-0.4, -0.2) is 19.8 Å². The first-order chi connectivity index (χ1) is 8.64. The van der Waals surface area contributed by atoms with E-state index in [-0.39, 0.29) is 4.90 Å². The summed E-state index contributed by atoms with van der Waals surface area (Å²) in [5.74, 6) is 0.623. The average Bonchev–Trinajstić information content (AvgIpc) is 2.68. The molecule has 0 saturated carbocycles. The molecule has 0 N–H and O–H groups in total. The maximum absolute atomic E-state index is 12.3. The van der Waals surface area contributed by atoms with Crippen molar-refractivity contribution < 1.29 is 13.2 Å². The third-order valence-electron chi connectivity index (χ3n) is 2.43. The van der Waals surface area contributed by atoms with Crippen LogP contribution in [0.15, 0.2) is 65.9 Å². The highest BCUT2D eigenvalue weighted by atomic mass is 32.2. The van der Waals surface area contributed by atoms with E-state index < -0.39 is 10.0 Å². The van der Waals surface area contributed by atoms with Crippen LogP contribution < -0.4 is 4.74 Å². The summed E-state index contributed by atoms with van der Waals surface area (Å²) in [5, 5.41) is 0. The van der Waals surface area contributed by atoms with Crippen molar-refractivity contribution in [3.8, 4) is 5.75 Å². The van der Waals surface area contributed by atoms with E-state index in [0.717, 1.165) is 0 Å². The van der Waals surface area contributed by atoms with Crippen molar-refractivity contribution in [2.75, 3.05) is 7.11 Å². The van der Waals surface area contributed by atoms with Crippen LogP contribution in [0, 0.1) is 0 Å². The van der Waals surface area contributed by atoms with Crippen LogP contribution in [-0.2, 0) is 10.0 Å². The van der Waals surface area contributed by atoms with Crippen LogP contribution in [0.5, 0.6) is 5.75 Å². The Labute approximate surface area is 107 Å². The molecule has 0 radical (unpaired) electrons. The molecule has 1 aromatic rings. The van der Waals surface area contributed by atoms with E-state index in [2.05, 4.69) is 0 Å². The average molecular weight is 263 g/mol. The Kier molecular flexibility index (Phi) is 3.53. The van der Waals surface area contributed by atoms with E-state index >= 15 is 0 Å². The summed E-state index contributed by atoms with van der Waals surface area (Å²) in [5.41, 5.74) is 0. The van der Waals surface area contributed by atoms with E-state index in [1.165, 1.54) is 35.9 Å². The highest BCUT2D eigenvalue weighted by Gasteiger charge is 2.19. The Morgan fingerprint density at radius 3 is 2.00 bits per heavy atom. The van der Waals surface area contributed by atoms with Crippen molar-refractivity contribution in [3.63, 3.8) is 0 Å². The maximum atomic E-state index is 12.3. The van der Waals surface area contributed by atoms with Crippen molar-refractivity contribution >= 4 is 10.0 Å². The van der Waals surface area contributed by atoms with Gasteiger partial charge in [-0.25, -0.2) is 12.7 Å². The van der Waals surface area contributed by atoms with Crippen LogP contribution in [0.1, 0.15) is 0 Å². The summed E-state index contributed by atoms with van der Waals surface area (Å²) in [7, 11) is -2.01. The van der Waals surface area contributed by atoms with Crippen molar-refractivity contribution in [2.24, 2.45) is 0 Å². The highest BCUT2D eigenvalue weighted by molar-refractivity contribution is 7.89. The SMILES string of the molecule is COc1ccc(S(=O)(=O)N2C=CC=CC=C2)cc1. The fourth-order valence-corrected chi connectivity index (χ4v) is 2.66. The van der Waals surface area contributed by atoms with Crippen LogP contribution in [0.2, 0.25) is 0 Å². The van der Waals surface area contributed by atoms with E-state index in [1.807, 2.05) is 0 Å². The summed E-state index contributed by atoms with van der Waals surface area (Å²) in [6.07, 6.45) is 9.86. The number of sulfonamides is 1. The highest BCUT2D eigenvalue weighted by Crippen LogP contribution is 2.20. The largest absolute Gasteiger partial charge is 0.497 e. The van der Waals surface area contributed by atoms with Gasteiger partial charge in [-0.15, -0.1) is 0 Å². The third-order valence-corrected chi connectivity index (χ3v) is 4.10. The van der Waals surface area contributed by atoms with E-state index in [9.17, 15) is 8.42 Å². The van der Waals surface area contributed by atoms with Gasteiger partial charge >= 0.3 is 0 Å². The molecule has 18 heavy (non-hydrogen) atoms. The molecular weight excluding hydrogens is 250 g/mol. The van der Waals surface area contributed by atoms with E-state index in [0.29, 0.717) is 5.75 Å². The van der Waals surface area contributed by atoms with Crippen LogP contribution in [0.3, 0.4) is 0 Å². The van der Waals surface area contributed by atoms with Crippen LogP contribution >= 0.6 is 0 Å². The molecule has 0 amide bonds. The summed E-state index contributed by atoms with van der Waals surface area (Å²) in [4.78, 5) is 0.222. The molecule has 0 bridgehead atoms. The Bertz CT molecular complexity index is 582. The quantitative estimate of drug-likeness (QED) is 0.840. The monoisotopic (exact) mass is 263 g/mol. The van der Waals surface area contributed by atoms with Crippen molar-refractivity contribution in [3.05, 3.63) is 61.0 Å². The molecule has 1 heterocycles. The zero-order valence-electron chi connectivity index (χ0n) is 9.85. The minimum Gasteiger partial charge on any atom is -0.497 e. The molecule has 0 aliphatic carbocycles. The second kappa shape index (κ2) is 5.10. The molecule has 1 aliphatic rings. The van der Waals surface area contributed by atoms with Gasteiger partial charge in [-0.05, 0) is 36.4 Å². The fourth-order valence-electron chi connectivity index (χ4n) is 1.48. The lowest BCUT2D eigenvalue weighted by molar-refractivity contribution is 0.414. The molecule has 0 saturated heterocycles. The Morgan fingerprint density at radius 1 is 0.944 bits per heavy atom. The lowest BCUT2D eigenvalue weighted by Gasteiger charge is -2.15. The summed E-state index contributed by atoms with van der Waals surface area (Å²) < 4.78 is 30.8. The first kappa shape index (κ1) is 12.4. The molecular formula is C13H13NO3S. The van der Waals surface area contributed by atoms with Gasteiger partial charge < -0.3 is 4.74 Å². The molecule has 5 heteroatoms. The van der Waals surface area contributed by atoms with Crippen LogP contribution in [0.25, 0.3) is 0 Å². The summed E-state index contributed by atoms with van der Waals surface area (Å²) in [6.45, 7) is 0. The zero-order chi connectivity index (χ0) is 13.0. The smallest absolute Gasteiger partial charge is 0.267 e. The number of methoxy groups -OCH3 is 1. The molecule has 0 atom stereocenters. The van der Waals surface area contributed by atoms with Gasteiger partial charge in [0.2, 0.25) is 0 Å². The second-order valence-corrected chi connectivity index (χ2v) is 5.42. The molecule has 1 aliphatic heterocycles. The number of ether oxygens (including phenoxy) is 1. The van der Waals surface area contributed by atoms with Gasteiger partial charge in [0.1, 0.15) is 5.75 Å². The first-order valence-electron chi connectivity index (χ1n) is 5.34. The molecule has 94 valence electrons. The zero-order valence-corrected chi connectivity index (χ0v) is 10.7. The predicted octanol–water partition coefficient (Wildman–Crippen LogP) is 2.28. The molecule has 0 fully saturated rings. The van der Waals surface area contributed by atoms with Gasteiger partial charge in [0, 0.05) is 12.4 Å².